The Bertz CT molecular complexity index is 611. The van der Waals surface area contributed by atoms with E-state index in [-0.39, 0.29) is 11.6 Å². The summed E-state index contributed by atoms with van der Waals surface area (Å²) in [5, 5.41) is 13.1. The summed E-state index contributed by atoms with van der Waals surface area (Å²) < 4.78 is 24.3. The van der Waals surface area contributed by atoms with Gasteiger partial charge in [0.25, 0.3) is 0 Å². The summed E-state index contributed by atoms with van der Waals surface area (Å²) in [5.41, 5.74) is 0.379. The van der Waals surface area contributed by atoms with Crippen LogP contribution >= 0.6 is 11.3 Å². The molecule has 1 aromatic heterocycles. The predicted molar refractivity (Wildman–Crippen MR) is 78.8 cm³/mol. The molecule has 0 radical (unpaired) electrons. The predicted octanol–water partition coefficient (Wildman–Crippen LogP) is 0.427. The maximum Gasteiger partial charge on any atom is 0.326 e. The average Bonchev–Trinajstić information content (AvgIpc) is 2.73. The Morgan fingerprint density at radius 2 is 2.14 bits per heavy atom. The van der Waals surface area contributed by atoms with Gasteiger partial charge in [-0.15, -0.1) is 11.3 Å². The third kappa shape index (κ3) is 6.54. The lowest BCUT2D eigenvalue weighted by Gasteiger charge is -2.12. The van der Waals surface area contributed by atoms with Crippen molar-refractivity contribution in [3.8, 4) is 0 Å². The topological polar surface area (TPSA) is 125 Å². The highest BCUT2D eigenvalue weighted by Crippen LogP contribution is 2.16. The number of anilines is 1. The Labute approximate surface area is 126 Å². The summed E-state index contributed by atoms with van der Waals surface area (Å²) in [5.74, 6) is -1.55. The van der Waals surface area contributed by atoms with Crippen LogP contribution in [0.3, 0.4) is 0 Å². The maximum absolute atomic E-state index is 11.7. The Hall–Kier alpha value is -1.68. The van der Waals surface area contributed by atoms with Crippen LogP contribution in [0, 0.1) is 0 Å². The van der Waals surface area contributed by atoms with Crippen LogP contribution in [0.5, 0.6) is 0 Å². The summed E-state index contributed by atoms with van der Waals surface area (Å²) in [7, 11) is -3.41. The Morgan fingerprint density at radius 3 is 2.67 bits per heavy atom. The Kier molecular flexibility index (Phi) is 6.09. The summed E-state index contributed by atoms with van der Waals surface area (Å²) in [6.07, 6.45) is 1.88. The number of nitrogens with one attached hydrogen (secondary N) is 2. The van der Waals surface area contributed by atoms with E-state index in [2.05, 4.69) is 15.0 Å². The van der Waals surface area contributed by atoms with Gasteiger partial charge in [-0.3, -0.25) is 9.52 Å². The minimum Gasteiger partial charge on any atom is -0.480 e. The van der Waals surface area contributed by atoms with Gasteiger partial charge in [0.05, 0.1) is 18.4 Å². The van der Waals surface area contributed by atoms with E-state index in [1.807, 2.05) is 6.92 Å². The van der Waals surface area contributed by atoms with Crippen molar-refractivity contribution in [2.75, 3.05) is 11.0 Å². The second kappa shape index (κ2) is 7.36. The van der Waals surface area contributed by atoms with E-state index in [0.29, 0.717) is 18.5 Å². The van der Waals surface area contributed by atoms with Crippen molar-refractivity contribution < 1.29 is 23.1 Å². The van der Waals surface area contributed by atoms with Gasteiger partial charge >= 0.3 is 5.97 Å². The third-order valence-corrected chi connectivity index (χ3v) is 3.88. The molecular formula is C11H17N3O5S2. The molecule has 3 N–H and O–H groups in total. The first-order valence-electron chi connectivity index (χ1n) is 6.15. The molecule has 0 bridgehead atoms. The minimum absolute atomic E-state index is 0.102. The van der Waals surface area contributed by atoms with Crippen LogP contribution in [0.25, 0.3) is 0 Å². The third-order valence-electron chi connectivity index (χ3n) is 2.38. The number of amides is 1. The van der Waals surface area contributed by atoms with Crippen LogP contribution in [0.15, 0.2) is 5.38 Å². The van der Waals surface area contributed by atoms with E-state index >= 15 is 0 Å². The van der Waals surface area contributed by atoms with Crippen LogP contribution in [0.2, 0.25) is 0 Å². The molecule has 1 aromatic rings. The van der Waals surface area contributed by atoms with Crippen LogP contribution in [0.4, 0.5) is 5.13 Å². The van der Waals surface area contributed by atoms with Gasteiger partial charge in [-0.1, -0.05) is 13.3 Å². The monoisotopic (exact) mass is 335 g/mol. The van der Waals surface area contributed by atoms with Crippen molar-refractivity contribution in [1.29, 1.82) is 0 Å². The molecule has 0 aromatic carbocycles. The zero-order valence-electron chi connectivity index (χ0n) is 11.6. The Balaban J connectivity index is 2.60. The molecule has 1 atom stereocenters. The number of hydrogen-bond donors (Lipinski definition) is 3. The molecule has 1 heterocycles. The maximum atomic E-state index is 11.7. The number of nitrogens with zero attached hydrogens (tertiary/aromatic N) is 1. The fourth-order valence-corrected chi connectivity index (χ4v) is 3.11. The van der Waals surface area contributed by atoms with Crippen LogP contribution in [-0.4, -0.2) is 42.7 Å². The van der Waals surface area contributed by atoms with E-state index in [1.165, 1.54) is 0 Å². The van der Waals surface area contributed by atoms with E-state index in [4.69, 9.17) is 5.11 Å². The van der Waals surface area contributed by atoms with Gasteiger partial charge in [-0.2, -0.15) is 0 Å². The van der Waals surface area contributed by atoms with E-state index in [9.17, 15) is 18.0 Å². The standard InChI is InChI=1S/C11H17N3O5S2/c1-3-4-8(10(16)17)13-9(15)5-7-6-20-11(12-7)14-21(2,18)19/h6,8H,3-5H2,1-2H3,(H,12,14)(H,13,15)(H,16,17). The molecule has 0 aliphatic rings. The molecule has 0 saturated carbocycles. The van der Waals surface area contributed by atoms with Crippen molar-refractivity contribution in [2.24, 2.45) is 0 Å². The molecular weight excluding hydrogens is 318 g/mol. The lowest BCUT2D eigenvalue weighted by Crippen LogP contribution is -2.41. The second-order valence-corrected chi connectivity index (χ2v) is 7.05. The van der Waals surface area contributed by atoms with Crippen LogP contribution in [-0.2, 0) is 26.0 Å². The molecule has 118 valence electrons. The molecule has 21 heavy (non-hydrogen) atoms. The largest absolute Gasteiger partial charge is 0.480 e. The number of aliphatic carboxylic acids is 1. The highest BCUT2D eigenvalue weighted by molar-refractivity contribution is 7.92. The summed E-state index contributed by atoms with van der Waals surface area (Å²) in [6, 6.07) is -0.922. The van der Waals surface area contributed by atoms with Gasteiger partial charge in [-0.05, 0) is 6.42 Å². The van der Waals surface area contributed by atoms with Gasteiger partial charge in [0.15, 0.2) is 5.13 Å². The number of carboxylic acids is 1. The van der Waals surface area contributed by atoms with Crippen molar-refractivity contribution in [2.45, 2.75) is 32.2 Å². The number of aromatic nitrogens is 1. The molecule has 0 aliphatic carbocycles. The highest BCUT2D eigenvalue weighted by Gasteiger charge is 2.19. The molecule has 1 unspecified atom stereocenters. The second-order valence-electron chi connectivity index (χ2n) is 4.44. The summed E-state index contributed by atoms with van der Waals surface area (Å²) in [6.45, 7) is 1.83. The van der Waals surface area contributed by atoms with Gasteiger partial charge in [0.2, 0.25) is 15.9 Å². The molecule has 0 fully saturated rings. The number of carboxylic acid groups (broad SMARTS) is 1. The Morgan fingerprint density at radius 1 is 1.48 bits per heavy atom. The lowest BCUT2D eigenvalue weighted by molar-refractivity contribution is -0.141. The van der Waals surface area contributed by atoms with Gasteiger partial charge in [0.1, 0.15) is 6.04 Å². The SMILES string of the molecule is CCCC(NC(=O)Cc1csc(NS(C)(=O)=O)n1)C(=O)O. The smallest absolute Gasteiger partial charge is 0.326 e. The van der Waals surface area contributed by atoms with Gasteiger partial charge in [0, 0.05) is 5.38 Å². The number of carbonyl (C=O) groups is 2. The van der Waals surface area contributed by atoms with Crippen LogP contribution < -0.4 is 10.0 Å². The van der Waals surface area contributed by atoms with Gasteiger partial charge in [-0.25, -0.2) is 18.2 Å². The molecule has 10 heteroatoms. The zero-order chi connectivity index (χ0) is 16.0. The fraction of sp³-hybridized carbons (Fsp3) is 0.545. The lowest BCUT2D eigenvalue weighted by atomic mass is 10.1. The zero-order valence-corrected chi connectivity index (χ0v) is 13.3. The van der Waals surface area contributed by atoms with Crippen LogP contribution in [0.1, 0.15) is 25.5 Å². The van der Waals surface area contributed by atoms with Crippen molar-refractivity contribution in [1.82, 2.24) is 10.3 Å². The molecule has 1 amide bonds. The summed E-state index contributed by atoms with van der Waals surface area (Å²) >= 11 is 1.06. The first-order valence-corrected chi connectivity index (χ1v) is 8.92. The van der Waals surface area contributed by atoms with Crippen molar-refractivity contribution in [3.63, 3.8) is 0 Å². The van der Waals surface area contributed by atoms with E-state index in [0.717, 1.165) is 17.6 Å². The average molecular weight is 335 g/mol. The molecule has 8 nitrogen and oxygen atoms in total. The molecule has 0 aliphatic heterocycles. The molecule has 0 spiro atoms. The normalized spacial score (nSPS) is 12.7. The fourth-order valence-electron chi connectivity index (χ4n) is 1.55. The molecule has 1 rings (SSSR count). The highest BCUT2D eigenvalue weighted by atomic mass is 32.2. The number of rotatable bonds is 8. The van der Waals surface area contributed by atoms with E-state index in [1.54, 1.807) is 5.38 Å². The number of thiazole rings is 1. The first-order chi connectivity index (χ1) is 9.71. The minimum atomic E-state index is -3.41. The van der Waals surface area contributed by atoms with Gasteiger partial charge < -0.3 is 10.4 Å². The first kappa shape index (κ1) is 17.4. The van der Waals surface area contributed by atoms with Crippen molar-refractivity contribution >= 4 is 38.4 Å². The quantitative estimate of drug-likeness (QED) is 0.632. The number of carbonyl (C=O) groups excluding carboxylic acids is 1. The van der Waals surface area contributed by atoms with E-state index < -0.39 is 27.9 Å². The number of sulfonamides is 1. The van der Waals surface area contributed by atoms with Crippen molar-refractivity contribution in [3.05, 3.63) is 11.1 Å². The summed E-state index contributed by atoms with van der Waals surface area (Å²) in [4.78, 5) is 26.6. The molecule has 0 saturated heterocycles. The number of hydrogen-bond acceptors (Lipinski definition) is 6.